The lowest BCUT2D eigenvalue weighted by atomic mass is 10.6. The first kappa shape index (κ1) is 12.4. The largest absolute Gasteiger partial charge is 0.490 e. The van der Waals surface area contributed by atoms with E-state index < -0.39 is 0 Å². The van der Waals surface area contributed by atoms with Crippen LogP contribution in [0.5, 0.6) is 11.5 Å². The molecule has 92 valence electrons. The number of ether oxygens (including phenoxy) is 3. The van der Waals surface area contributed by atoms with Gasteiger partial charge < -0.3 is 14.2 Å². The van der Waals surface area contributed by atoms with Crippen LogP contribution in [0.25, 0.3) is 0 Å². The average molecular weight is 270 g/mol. The van der Waals surface area contributed by atoms with E-state index in [2.05, 4.69) is 0 Å². The summed E-state index contributed by atoms with van der Waals surface area (Å²) in [6.07, 6.45) is 0. The predicted molar refractivity (Wildman–Crippen MR) is 70.4 cm³/mol. The van der Waals surface area contributed by atoms with Gasteiger partial charge in [0.05, 0.1) is 13.2 Å². The van der Waals surface area contributed by atoms with Gasteiger partial charge in [-0.25, -0.2) is 0 Å². The Kier molecular flexibility index (Phi) is 5.35. The van der Waals surface area contributed by atoms with E-state index in [9.17, 15) is 0 Å². The van der Waals surface area contributed by atoms with Crippen molar-refractivity contribution in [2.45, 2.75) is 0 Å². The molecule has 2 aromatic heterocycles. The maximum absolute atomic E-state index is 5.44. The molecule has 0 aliphatic rings. The van der Waals surface area contributed by atoms with Crippen molar-refractivity contribution in [2.75, 3.05) is 26.4 Å². The maximum Gasteiger partial charge on any atom is 0.130 e. The fourth-order valence-electron chi connectivity index (χ4n) is 1.21. The highest BCUT2D eigenvalue weighted by Gasteiger charge is 1.95. The van der Waals surface area contributed by atoms with Crippen LogP contribution >= 0.6 is 22.7 Å². The van der Waals surface area contributed by atoms with Gasteiger partial charge in [0, 0.05) is 10.8 Å². The van der Waals surface area contributed by atoms with Crippen molar-refractivity contribution in [2.24, 2.45) is 0 Å². The highest BCUT2D eigenvalue weighted by atomic mass is 32.1. The van der Waals surface area contributed by atoms with Crippen LogP contribution in [0.1, 0.15) is 0 Å². The molecule has 0 spiro atoms. The molecule has 0 N–H and O–H groups in total. The molecule has 0 aliphatic heterocycles. The summed E-state index contributed by atoms with van der Waals surface area (Å²) in [5.41, 5.74) is 0. The van der Waals surface area contributed by atoms with E-state index in [4.69, 9.17) is 14.2 Å². The lowest BCUT2D eigenvalue weighted by Gasteiger charge is -2.06. The van der Waals surface area contributed by atoms with Crippen molar-refractivity contribution < 1.29 is 14.2 Å². The van der Waals surface area contributed by atoms with Gasteiger partial charge in [-0.3, -0.25) is 0 Å². The summed E-state index contributed by atoms with van der Waals surface area (Å²) in [5, 5.41) is 7.93. The topological polar surface area (TPSA) is 27.7 Å². The van der Waals surface area contributed by atoms with Crippen molar-refractivity contribution in [3.8, 4) is 11.5 Å². The Labute approximate surface area is 109 Å². The van der Waals surface area contributed by atoms with Crippen molar-refractivity contribution >= 4 is 22.7 Å². The third kappa shape index (κ3) is 4.77. The van der Waals surface area contributed by atoms with E-state index >= 15 is 0 Å². The summed E-state index contributed by atoms with van der Waals surface area (Å²) in [6, 6.07) is 3.90. The van der Waals surface area contributed by atoms with E-state index in [-0.39, 0.29) is 0 Å². The van der Waals surface area contributed by atoms with Gasteiger partial charge in [-0.15, -0.1) is 22.7 Å². The van der Waals surface area contributed by atoms with Crippen LogP contribution in [0.3, 0.4) is 0 Å². The van der Waals surface area contributed by atoms with Gasteiger partial charge in [-0.1, -0.05) is 0 Å². The summed E-state index contributed by atoms with van der Waals surface area (Å²) in [6.45, 7) is 2.33. The molecule has 0 radical (unpaired) electrons. The van der Waals surface area contributed by atoms with Gasteiger partial charge in [-0.2, -0.15) is 0 Å². The lowest BCUT2D eigenvalue weighted by Crippen LogP contribution is -2.11. The number of hydrogen-bond acceptors (Lipinski definition) is 5. The lowest BCUT2D eigenvalue weighted by molar-refractivity contribution is 0.0766. The van der Waals surface area contributed by atoms with Crippen molar-refractivity contribution in [3.05, 3.63) is 33.7 Å². The summed E-state index contributed by atoms with van der Waals surface area (Å²) in [4.78, 5) is 0. The van der Waals surface area contributed by atoms with Crippen LogP contribution in [0.15, 0.2) is 33.7 Å². The first-order valence-corrected chi connectivity index (χ1v) is 7.21. The Hall–Kier alpha value is -1.04. The molecule has 0 fully saturated rings. The quantitative estimate of drug-likeness (QED) is 0.689. The molecule has 0 saturated heterocycles. The summed E-state index contributed by atoms with van der Waals surface area (Å²) in [5.74, 6) is 1.82. The van der Waals surface area contributed by atoms with Gasteiger partial charge in [-0.05, 0) is 22.9 Å². The minimum atomic E-state index is 0.579. The molecular weight excluding hydrogens is 256 g/mol. The Bertz CT molecular complexity index is 346. The van der Waals surface area contributed by atoms with E-state index in [1.807, 2.05) is 33.7 Å². The fraction of sp³-hybridized carbons (Fsp3) is 0.333. The summed E-state index contributed by atoms with van der Waals surface area (Å²) >= 11 is 3.25. The SMILES string of the molecule is c1cc(OCCOCCOc2ccsc2)cs1. The van der Waals surface area contributed by atoms with Crippen LogP contribution in [-0.4, -0.2) is 26.4 Å². The van der Waals surface area contributed by atoms with Gasteiger partial charge in [0.2, 0.25) is 0 Å². The Balaban J connectivity index is 1.44. The minimum absolute atomic E-state index is 0.579. The molecule has 0 amide bonds. The van der Waals surface area contributed by atoms with Gasteiger partial charge in [0.25, 0.3) is 0 Å². The van der Waals surface area contributed by atoms with E-state index in [1.54, 1.807) is 22.7 Å². The zero-order chi connectivity index (χ0) is 11.8. The second-order valence-electron chi connectivity index (χ2n) is 3.23. The van der Waals surface area contributed by atoms with Crippen molar-refractivity contribution in [1.29, 1.82) is 0 Å². The van der Waals surface area contributed by atoms with Gasteiger partial charge in [0.15, 0.2) is 0 Å². The third-order valence-electron chi connectivity index (χ3n) is 1.98. The predicted octanol–water partition coefficient (Wildman–Crippen LogP) is 3.28. The molecule has 0 saturated carbocycles. The Morgan fingerprint density at radius 2 is 1.29 bits per heavy atom. The normalized spacial score (nSPS) is 10.4. The smallest absolute Gasteiger partial charge is 0.130 e. The molecule has 0 aromatic carbocycles. The highest BCUT2D eigenvalue weighted by Crippen LogP contribution is 2.15. The van der Waals surface area contributed by atoms with Crippen LogP contribution in [-0.2, 0) is 4.74 Å². The zero-order valence-electron chi connectivity index (χ0n) is 9.33. The first-order chi connectivity index (χ1) is 8.45. The molecule has 5 heteroatoms. The molecule has 3 nitrogen and oxygen atoms in total. The number of hydrogen-bond donors (Lipinski definition) is 0. The molecule has 2 aromatic rings. The van der Waals surface area contributed by atoms with E-state index in [0.29, 0.717) is 26.4 Å². The van der Waals surface area contributed by atoms with Gasteiger partial charge in [0.1, 0.15) is 24.7 Å². The molecule has 0 atom stereocenters. The average Bonchev–Trinajstić information content (AvgIpc) is 3.00. The number of rotatable bonds is 8. The second-order valence-corrected chi connectivity index (χ2v) is 4.79. The summed E-state index contributed by atoms with van der Waals surface area (Å²) in [7, 11) is 0. The monoisotopic (exact) mass is 270 g/mol. The molecular formula is C12H14O3S2. The molecule has 2 rings (SSSR count). The third-order valence-corrected chi connectivity index (χ3v) is 3.31. The zero-order valence-corrected chi connectivity index (χ0v) is 11.0. The first-order valence-electron chi connectivity index (χ1n) is 5.33. The molecule has 0 unspecified atom stereocenters. The van der Waals surface area contributed by atoms with Crippen LogP contribution in [0.2, 0.25) is 0 Å². The highest BCUT2D eigenvalue weighted by molar-refractivity contribution is 7.08. The molecule has 0 bridgehead atoms. The Morgan fingerprint density at radius 3 is 1.71 bits per heavy atom. The standard InChI is InChI=1S/C12H14O3S2/c1-7-16-9-11(1)14-5-3-13-4-6-15-12-2-8-17-10-12/h1-2,7-10H,3-6H2. The van der Waals surface area contributed by atoms with E-state index in [0.717, 1.165) is 11.5 Å². The molecule has 2 heterocycles. The summed E-state index contributed by atoms with van der Waals surface area (Å²) < 4.78 is 16.3. The molecule has 17 heavy (non-hydrogen) atoms. The van der Waals surface area contributed by atoms with Crippen molar-refractivity contribution in [1.82, 2.24) is 0 Å². The van der Waals surface area contributed by atoms with Crippen molar-refractivity contribution in [3.63, 3.8) is 0 Å². The minimum Gasteiger partial charge on any atom is -0.490 e. The molecule has 0 aliphatic carbocycles. The second kappa shape index (κ2) is 7.32. The van der Waals surface area contributed by atoms with E-state index in [1.165, 1.54) is 0 Å². The van der Waals surface area contributed by atoms with Gasteiger partial charge >= 0.3 is 0 Å². The van der Waals surface area contributed by atoms with Crippen LogP contribution in [0.4, 0.5) is 0 Å². The Morgan fingerprint density at radius 1 is 0.765 bits per heavy atom. The van der Waals surface area contributed by atoms with Crippen LogP contribution < -0.4 is 9.47 Å². The number of thiophene rings is 2. The fourth-order valence-corrected chi connectivity index (χ4v) is 2.35. The maximum atomic E-state index is 5.44. The van der Waals surface area contributed by atoms with Crippen LogP contribution in [0, 0.1) is 0 Å².